The van der Waals surface area contributed by atoms with Gasteiger partial charge in [0.1, 0.15) is 11.9 Å². The second-order valence-electron chi connectivity index (χ2n) is 4.60. The molecule has 6 heteroatoms. The van der Waals surface area contributed by atoms with E-state index in [4.69, 9.17) is 4.84 Å². The van der Waals surface area contributed by atoms with Crippen molar-refractivity contribution < 1.29 is 18.8 Å². The smallest absolute Gasteiger partial charge is 0.266 e. The quantitative estimate of drug-likeness (QED) is 0.780. The van der Waals surface area contributed by atoms with E-state index in [2.05, 4.69) is 10.8 Å². The fraction of sp³-hybridized carbons (Fsp3) is 0.429. The summed E-state index contributed by atoms with van der Waals surface area (Å²) in [5, 5.41) is 2.61. The number of amides is 2. The molecule has 0 aromatic heterocycles. The van der Waals surface area contributed by atoms with Crippen molar-refractivity contribution in [3.8, 4) is 0 Å². The zero-order chi connectivity index (χ0) is 15.1. The van der Waals surface area contributed by atoms with Crippen molar-refractivity contribution in [3.63, 3.8) is 0 Å². The molecule has 110 valence electrons. The van der Waals surface area contributed by atoms with E-state index >= 15 is 0 Å². The van der Waals surface area contributed by atoms with Crippen molar-refractivity contribution in [1.82, 2.24) is 10.8 Å². The van der Waals surface area contributed by atoms with Crippen LogP contribution in [0, 0.1) is 11.7 Å². The van der Waals surface area contributed by atoms with E-state index in [9.17, 15) is 14.0 Å². The molecule has 0 heterocycles. The molecule has 1 aromatic carbocycles. The van der Waals surface area contributed by atoms with E-state index in [1.807, 2.05) is 0 Å². The second-order valence-corrected chi connectivity index (χ2v) is 4.60. The molecule has 0 aliphatic heterocycles. The molecule has 1 atom stereocenters. The van der Waals surface area contributed by atoms with Gasteiger partial charge < -0.3 is 5.32 Å². The molecule has 1 rings (SSSR count). The Morgan fingerprint density at radius 3 is 2.35 bits per heavy atom. The molecule has 0 saturated carbocycles. The van der Waals surface area contributed by atoms with Crippen molar-refractivity contribution in [2.45, 2.75) is 26.8 Å². The maximum Gasteiger partial charge on any atom is 0.266 e. The molecular formula is C14H19FN2O3. The summed E-state index contributed by atoms with van der Waals surface area (Å²) in [6, 6.07) is 4.39. The molecule has 0 aliphatic carbocycles. The Bertz CT molecular complexity index is 460. The zero-order valence-corrected chi connectivity index (χ0v) is 11.8. The maximum absolute atomic E-state index is 12.8. The minimum absolute atomic E-state index is 0.111. The van der Waals surface area contributed by atoms with Crippen molar-refractivity contribution in [1.29, 1.82) is 0 Å². The van der Waals surface area contributed by atoms with Gasteiger partial charge in [0.2, 0.25) is 0 Å². The molecular weight excluding hydrogens is 263 g/mol. The summed E-state index contributed by atoms with van der Waals surface area (Å²) in [6.45, 7) is 5.69. The summed E-state index contributed by atoms with van der Waals surface area (Å²) in [6.07, 6.45) is 0. The van der Waals surface area contributed by atoms with Crippen LogP contribution in [0.4, 0.5) is 4.39 Å². The first-order valence-electron chi connectivity index (χ1n) is 6.43. The molecule has 0 radical (unpaired) electrons. The van der Waals surface area contributed by atoms with Gasteiger partial charge in [-0.2, -0.15) is 0 Å². The van der Waals surface area contributed by atoms with Gasteiger partial charge in [-0.1, -0.05) is 13.8 Å². The third-order valence-corrected chi connectivity index (χ3v) is 2.66. The highest BCUT2D eigenvalue weighted by Crippen LogP contribution is 2.06. The maximum atomic E-state index is 12.8. The number of hydrogen-bond acceptors (Lipinski definition) is 3. The van der Waals surface area contributed by atoms with Gasteiger partial charge in [-0.05, 0) is 37.1 Å². The first kappa shape index (κ1) is 16.1. The van der Waals surface area contributed by atoms with Gasteiger partial charge in [-0.15, -0.1) is 0 Å². The molecule has 0 aliphatic rings. The van der Waals surface area contributed by atoms with Crippen LogP contribution in [0.15, 0.2) is 24.3 Å². The second kappa shape index (κ2) is 7.59. The number of carbonyl (C=O) groups is 2. The highest BCUT2D eigenvalue weighted by Gasteiger charge is 2.24. The Balaban J connectivity index is 2.72. The highest BCUT2D eigenvalue weighted by atomic mass is 19.1. The van der Waals surface area contributed by atoms with Crippen molar-refractivity contribution >= 4 is 11.8 Å². The summed E-state index contributed by atoms with van der Waals surface area (Å²) < 4.78 is 12.8. The predicted octanol–water partition coefficient (Wildman–Crippen LogP) is 1.65. The number of hydroxylamine groups is 1. The van der Waals surface area contributed by atoms with Crippen LogP contribution in [0.2, 0.25) is 0 Å². The molecule has 1 unspecified atom stereocenters. The lowest BCUT2D eigenvalue weighted by atomic mass is 10.0. The Kier molecular flexibility index (Phi) is 6.11. The van der Waals surface area contributed by atoms with Crippen LogP contribution >= 0.6 is 0 Å². The molecule has 5 nitrogen and oxygen atoms in total. The summed E-state index contributed by atoms with van der Waals surface area (Å²) in [5.74, 6) is -1.39. The van der Waals surface area contributed by atoms with Gasteiger partial charge in [0.15, 0.2) is 0 Å². The minimum atomic E-state index is -0.723. The highest BCUT2D eigenvalue weighted by molar-refractivity contribution is 5.97. The number of nitrogens with one attached hydrogen (secondary N) is 2. The number of hydrogen-bond donors (Lipinski definition) is 2. The largest absolute Gasteiger partial charge is 0.340 e. The predicted molar refractivity (Wildman–Crippen MR) is 72.3 cm³/mol. The molecule has 2 N–H and O–H groups in total. The van der Waals surface area contributed by atoms with E-state index in [1.165, 1.54) is 24.3 Å². The normalized spacial score (nSPS) is 12.1. The van der Waals surface area contributed by atoms with Crippen LogP contribution in [0.5, 0.6) is 0 Å². The number of carbonyl (C=O) groups excluding carboxylic acids is 2. The van der Waals surface area contributed by atoms with Crippen LogP contribution < -0.4 is 10.8 Å². The fourth-order valence-electron chi connectivity index (χ4n) is 1.57. The lowest BCUT2D eigenvalue weighted by Crippen LogP contribution is -2.49. The summed E-state index contributed by atoms with van der Waals surface area (Å²) >= 11 is 0. The van der Waals surface area contributed by atoms with Crippen LogP contribution in [-0.4, -0.2) is 24.5 Å². The third kappa shape index (κ3) is 4.62. The van der Waals surface area contributed by atoms with Crippen LogP contribution in [0.1, 0.15) is 31.1 Å². The lowest BCUT2D eigenvalue weighted by Gasteiger charge is -2.21. The Labute approximate surface area is 117 Å². The SMILES string of the molecule is CCONC(=O)C(NC(=O)c1ccc(F)cc1)C(C)C. The zero-order valence-electron chi connectivity index (χ0n) is 11.8. The van der Waals surface area contributed by atoms with Crippen molar-refractivity contribution in [2.24, 2.45) is 5.92 Å². The van der Waals surface area contributed by atoms with Crippen molar-refractivity contribution in [2.75, 3.05) is 6.61 Å². The first-order valence-corrected chi connectivity index (χ1v) is 6.43. The van der Waals surface area contributed by atoms with E-state index in [0.29, 0.717) is 12.2 Å². The monoisotopic (exact) mass is 282 g/mol. The van der Waals surface area contributed by atoms with Gasteiger partial charge in [-0.3, -0.25) is 14.4 Å². The topological polar surface area (TPSA) is 67.4 Å². The van der Waals surface area contributed by atoms with E-state index in [0.717, 1.165) is 0 Å². The van der Waals surface area contributed by atoms with E-state index in [-0.39, 0.29) is 5.92 Å². The summed E-state index contributed by atoms with van der Waals surface area (Å²) in [5.41, 5.74) is 2.56. The van der Waals surface area contributed by atoms with E-state index in [1.54, 1.807) is 20.8 Å². The summed E-state index contributed by atoms with van der Waals surface area (Å²) in [4.78, 5) is 28.7. The molecule has 2 amide bonds. The first-order chi connectivity index (χ1) is 9.45. The lowest BCUT2D eigenvalue weighted by molar-refractivity contribution is -0.136. The average Bonchev–Trinajstić information content (AvgIpc) is 2.42. The van der Waals surface area contributed by atoms with Crippen molar-refractivity contribution in [3.05, 3.63) is 35.6 Å². The Morgan fingerprint density at radius 2 is 1.85 bits per heavy atom. The Hall–Kier alpha value is -1.95. The Morgan fingerprint density at radius 1 is 1.25 bits per heavy atom. The molecule has 0 fully saturated rings. The van der Waals surface area contributed by atoms with E-state index < -0.39 is 23.7 Å². The number of halogens is 1. The van der Waals surface area contributed by atoms with Crippen LogP contribution in [0.25, 0.3) is 0 Å². The molecule has 0 saturated heterocycles. The van der Waals surface area contributed by atoms with Gasteiger partial charge in [0.05, 0.1) is 6.61 Å². The van der Waals surface area contributed by atoms with Gasteiger partial charge in [0, 0.05) is 5.56 Å². The third-order valence-electron chi connectivity index (χ3n) is 2.66. The molecule has 1 aromatic rings. The average molecular weight is 282 g/mol. The van der Waals surface area contributed by atoms with Gasteiger partial charge in [-0.25, -0.2) is 9.87 Å². The fourth-order valence-corrected chi connectivity index (χ4v) is 1.57. The molecule has 0 spiro atoms. The minimum Gasteiger partial charge on any atom is -0.340 e. The van der Waals surface area contributed by atoms with Crippen LogP contribution in [0.3, 0.4) is 0 Å². The van der Waals surface area contributed by atoms with Gasteiger partial charge in [0.25, 0.3) is 11.8 Å². The molecule has 0 bridgehead atoms. The summed E-state index contributed by atoms with van der Waals surface area (Å²) in [7, 11) is 0. The number of benzene rings is 1. The van der Waals surface area contributed by atoms with Gasteiger partial charge >= 0.3 is 0 Å². The molecule has 20 heavy (non-hydrogen) atoms. The standard InChI is InChI=1S/C14H19FN2O3/c1-4-20-17-14(19)12(9(2)3)16-13(18)10-5-7-11(15)8-6-10/h5-9,12H,4H2,1-3H3,(H,16,18)(H,17,19). The van der Waals surface area contributed by atoms with Crippen LogP contribution in [-0.2, 0) is 9.63 Å². The number of rotatable bonds is 6.